The van der Waals surface area contributed by atoms with E-state index in [1.807, 2.05) is 20.8 Å². The number of sulfone groups is 1. The number of rotatable bonds is 5. The molecule has 8 nitrogen and oxygen atoms in total. The zero-order valence-corrected chi connectivity index (χ0v) is 17.9. The van der Waals surface area contributed by atoms with Crippen molar-refractivity contribution in [3.05, 3.63) is 65.2 Å². The van der Waals surface area contributed by atoms with Gasteiger partial charge in [0.25, 0.3) is 15.6 Å². The van der Waals surface area contributed by atoms with Crippen LogP contribution in [0.4, 0.5) is 0 Å². The summed E-state index contributed by atoms with van der Waals surface area (Å²) in [7, 11) is -8.23. The molecule has 0 unspecified atom stereocenters. The van der Waals surface area contributed by atoms with Crippen LogP contribution >= 0.6 is 0 Å². The third kappa shape index (κ3) is 5.38. The molecule has 0 aliphatic heterocycles. The van der Waals surface area contributed by atoms with Gasteiger partial charge in [-0.25, -0.2) is 8.42 Å². The van der Waals surface area contributed by atoms with Crippen LogP contribution in [0.2, 0.25) is 0 Å². The molecule has 0 aliphatic carbocycles. The Morgan fingerprint density at radius 2 is 1.45 bits per heavy atom. The lowest BCUT2D eigenvalue weighted by Gasteiger charge is -2.18. The summed E-state index contributed by atoms with van der Waals surface area (Å²) in [5.41, 5.74) is 10.1. The number of nitrogens with zero attached hydrogens (tertiary/aromatic N) is 2. The average molecular weight is 437 g/mol. The Morgan fingerprint density at radius 3 is 1.86 bits per heavy atom. The molecule has 29 heavy (non-hydrogen) atoms. The predicted molar refractivity (Wildman–Crippen MR) is 107 cm³/mol. The van der Waals surface area contributed by atoms with E-state index < -0.39 is 30.8 Å². The molecular weight excluding hydrogens is 416 g/mol. The summed E-state index contributed by atoms with van der Waals surface area (Å²) in [6.07, 6.45) is 0.845. The summed E-state index contributed by atoms with van der Waals surface area (Å²) in [6.45, 7) is 5.98. The molecule has 0 aromatic heterocycles. The fourth-order valence-electron chi connectivity index (χ4n) is 2.43. The van der Waals surface area contributed by atoms with Crippen molar-refractivity contribution in [3.8, 4) is 5.75 Å². The fourth-order valence-corrected chi connectivity index (χ4v) is 4.07. The van der Waals surface area contributed by atoms with E-state index in [0.717, 1.165) is 36.1 Å². The summed E-state index contributed by atoms with van der Waals surface area (Å²) in [6, 6.07) is 10.7. The maximum atomic E-state index is 12.7. The van der Waals surface area contributed by atoms with Gasteiger partial charge in [-0.1, -0.05) is 45.0 Å². The standard InChI is InChI=1S/C19H20N2O6S2/c1-19(2,3)14-7-5-13(6-8-14)17(22)18(21-20)29(25,26)16-11-9-15(10-12-16)27-28(4,23)24/h5-12H,1-4H3. The van der Waals surface area contributed by atoms with E-state index >= 15 is 0 Å². The number of ketones is 1. The molecular formula is C19H20N2O6S2. The molecule has 2 aromatic carbocycles. The van der Waals surface area contributed by atoms with E-state index in [2.05, 4.69) is 8.97 Å². The van der Waals surface area contributed by atoms with Crippen molar-refractivity contribution in [2.75, 3.05) is 6.26 Å². The molecule has 154 valence electrons. The Bertz CT molecular complexity index is 1180. The number of carbonyl (C=O) groups is 1. The maximum Gasteiger partial charge on any atom is 0.456 e. The molecule has 0 aliphatic rings. The van der Waals surface area contributed by atoms with E-state index in [1.54, 1.807) is 12.1 Å². The zero-order chi connectivity index (χ0) is 22.0. The Kier molecular flexibility index (Phi) is 6.13. The monoisotopic (exact) mass is 436 g/mol. The summed E-state index contributed by atoms with van der Waals surface area (Å²) < 4.78 is 52.4. The van der Waals surface area contributed by atoms with Gasteiger partial charge in [-0.05, 0) is 35.2 Å². The smallest absolute Gasteiger partial charge is 0.383 e. The lowest BCUT2D eigenvalue weighted by atomic mass is 9.86. The zero-order valence-electron chi connectivity index (χ0n) is 16.3. The lowest BCUT2D eigenvalue weighted by molar-refractivity contribution is -0.00158. The fraction of sp³-hybridized carbons (Fsp3) is 0.263. The first-order valence-corrected chi connectivity index (χ1v) is 11.7. The Balaban J connectivity index is 2.37. The van der Waals surface area contributed by atoms with Crippen molar-refractivity contribution in [3.63, 3.8) is 0 Å². The minimum atomic E-state index is -4.45. The minimum absolute atomic E-state index is 0.0476. The maximum absolute atomic E-state index is 12.7. The normalized spacial score (nSPS) is 12.1. The van der Waals surface area contributed by atoms with Gasteiger partial charge in [0, 0.05) is 5.56 Å². The number of benzene rings is 2. The van der Waals surface area contributed by atoms with Gasteiger partial charge in [0.2, 0.25) is 0 Å². The topological polar surface area (TPSA) is 131 Å². The first-order valence-electron chi connectivity index (χ1n) is 8.37. The largest absolute Gasteiger partial charge is 0.456 e. The molecule has 0 fully saturated rings. The van der Waals surface area contributed by atoms with Gasteiger partial charge in [-0.3, -0.25) is 4.79 Å². The highest BCUT2D eigenvalue weighted by molar-refractivity contribution is 8.08. The second-order valence-electron chi connectivity index (χ2n) is 7.32. The van der Waals surface area contributed by atoms with Gasteiger partial charge in [0.05, 0.1) is 11.2 Å². The van der Waals surface area contributed by atoms with Crippen LogP contribution in [-0.4, -0.2) is 38.7 Å². The van der Waals surface area contributed by atoms with Crippen molar-refractivity contribution in [1.29, 1.82) is 0 Å². The van der Waals surface area contributed by atoms with Crippen molar-refractivity contribution >= 4 is 30.8 Å². The lowest BCUT2D eigenvalue weighted by Crippen LogP contribution is -2.26. The van der Waals surface area contributed by atoms with E-state index in [-0.39, 0.29) is 21.6 Å². The molecule has 2 aromatic rings. The molecule has 0 atom stereocenters. The van der Waals surface area contributed by atoms with E-state index in [9.17, 15) is 27.2 Å². The van der Waals surface area contributed by atoms with Crippen LogP contribution in [0.1, 0.15) is 36.7 Å². The quantitative estimate of drug-likeness (QED) is 0.177. The van der Waals surface area contributed by atoms with Crippen molar-refractivity contribution in [1.82, 2.24) is 0 Å². The third-order valence-electron chi connectivity index (χ3n) is 3.93. The first-order chi connectivity index (χ1) is 13.3. The van der Waals surface area contributed by atoms with Gasteiger partial charge in [0.1, 0.15) is 5.75 Å². The summed E-state index contributed by atoms with van der Waals surface area (Å²) in [4.78, 5) is 15.0. The van der Waals surface area contributed by atoms with Crippen molar-refractivity contribution in [2.24, 2.45) is 0 Å². The molecule has 2 rings (SSSR count). The van der Waals surface area contributed by atoms with Gasteiger partial charge in [0.15, 0.2) is 0 Å². The van der Waals surface area contributed by atoms with Gasteiger partial charge in [-0.15, -0.1) is 4.79 Å². The van der Waals surface area contributed by atoms with Gasteiger partial charge in [-0.2, -0.15) is 8.42 Å². The molecule has 0 heterocycles. The first kappa shape index (κ1) is 22.5. The van der Waals surface area contributed by atoms with Crippen LogP contribution in [0.3, 0.4) is 0 Å². The van der Waals surface area contributed by atoms with Gasteiger partial charge < -0.3 is 9.71 Å². The molecule has 0 saturated carbocycles. The summed E-state index contributed by atoms with van der Waals surface area (Å²) in [5, 5.41) is -1.04. The van der Waals surface area contributed by atoms with E-state index in [4.69, 9.17) is 0 Å². The van der Waals surface area contributed by atoms with Crippen molar-refractivity contribution < 1.29 is 30.6 Å². The number of hydrogen-bond donors (Lipinski definition) is 0. The Labute approximate surface area is 169 Å². The Morgan fingerprint density at radius 1 is 0.931 bits per heavy atom. The molecule has 0 spiro atoms. The number of Topliss-reactive ketones (excluding diaryl/α,β-unsaturated/α-hetero) is 1. The van der Waals surface area contributed by atoms with Crippen LogP contribution in [0.15, 0.2) is 53.4 Å². The number of carbonyl (C=O) groups excluding carboxylic acids is 1. The minimum Gasteiger partial charge on any atom is -0.383 e. The summed E-state index contributed by atoms with van der Waals surface area (Å²) in [5.74, 6) is -1.07. The second kappa shape index (κ2) is 7.90. The van der Waals surface area contributed by atoms with Crippen LogP contribution in [-0.2, 0) is 25.4 Å². The summed E-state index contributed by atoms with van der Waals surface area (Å²) >= 11 is 0. The van der Waals surface area contributed by atoms with E-state index in [0.29, 0.717) is 0 Å². The molecule has 0 N–H and O–H groups in total. The molecule has 0 bridgehead atoms. The Hall–Kier alpha value is -2.81. The van der Waals surface area contributed by atoms with Crippen LogP contribution < -0.4 is 4.18 Å². The third-order valence-corrected chi connectivity index (χ3v) is 6.10. The van der Waals surface area contributed by atoms with E-state index in [1.165, 1.54) is 12.1 Å². The highest BCUT2D eigenvalue weighted by Crippen LogP contribution is 2.23. The van der Waals surface area contributed by atoms with Crippen LogP contribution in [0, 0.1) is 0 Å². The SMILES string of the molecule is CC(C)(C)c1ccc(C(=O)C(=[N+]=[N-])S(=O)(=O)c2ccc(OS(C)(=O)=O)cc2)cc1. The number of hydrogen-bond acceptors (Lipinski definition) is 6. The van der Waals surface area contributed by atoms with Crippen LogP contribution in [0.25, 0.3) is 5.53 Å². The molecule has 10 heteroatoms. The molecule has 0 amide bonds. The highest BCUT2D eigenvalue weighted by atomic mass is 32.2. The highest BCUT2D eigenvalue weighted by Gasteiger charge is 2.38. The molecule has 0 radical (unpaired) electrons. The molecule has 0 saturated heterocycles. The average Bonchev–Trinajstić information content (AvgIpc) is 2.60. The van der Waals surface area contributed by atoms with Gasteiger partial charge >= 0.3 is 15.2 Å². The second-order valence-corrected chi connectivity index (χ2v) is 10.8. The van der Waals surface area contributed by atoms with Crippen LogP contribution in [0.5, 0.6) is 5.75 Å². The van der Waals surface area contributed by atoms with Crippen molar-refractivity contribution in [2.45, 2.75) is 31.1 Å². The predicted octanol–water partition coefficient (Wildman–Crippen LogP) is 2.61.